The van der Waals surface area contributed by atoms with Crippen LogP contribution in [0.15, 0.2) is 59.6 Å². The number of likely N-dealkylation sites (N-methyl/N-ethyl adjacent to an activating group) is 1. The highest BCUT2D eigenvalue weighted by atomic mass is 35.5. The Morgan fingerprint density at radius 1 is 0.919 bits per heavy atom. The average Bonchev–Trinajstić information content (AvgIpc) is 3.45. The predicted octanol–water partition coefficient (Wildman–Crippen LogP) is 4.15. The summed E-state index contributed by atoms with van der Waals surface area (Å²) in [4.78, 5) is 13.8. The molecule has 2 aliphatic rings. The minimum Gasteiger partial charge on any atom is -0.338 e. The number of benzene rings is 2. The molecule has 0 radical (unpaired) electrons. The second kappa shape index (κ2) is 11.3. The Morgan fingerprint density at radius 3 is 2.35 bits per heavy atom. The Hall–Kier alpha value is -2.76. The smallest absolute Gasteiger partial charge is 0.245 e. The van der Waals surface area contributed by atoms with Crippen LogP contribution in [0.4, 0.5) is 23.1 Å². The number of anilines is 4. The monoisotopic (exact) mass is 541 g/mol. The maximum atomic E-state index is 13.2. The van der Waals surface area contributed by atoms with Crippen molar-refractivity contribution in [3.05, 3.63) is 65.3 Å². The van der Waals surface area contributed by atoms with Crippen LogP contribution in [-0.4, -0.2) is 78.8 Å². The summed E-state index contributed by atoms with van der Waals surface area (Å²) in [6.45, 7) is 6.34. The molecule has 196 valence electrons. The van der Waals surface area contributed by atoms with Gasteiger partial charge in [-0.2, -0.15) is 9.29 Å². The topological polar surface area (TPSA) is 93.7 Å². The highest BCUT2D eigenvalue weighted by Gasteiger charge is 2.29. The largest absolute Gasteiger partial charge is 0.338 e. The average molecular weight is 542 g/mol. The van der Waals surface area contributed by atoms with E-state index >= 15 is 0 Å². The van der Waals surface area contributed by atoms with Gasteiger partial charge < -0.3 is 15.5 Å². The quantitative estimate of drug-likeness (QED) is 0.439. The van der Waals surface area contributed by atoms with E-state index in [9.17, 15) is 8.42 Å². The van der Waals surface area contributed by atoms with Gasteiger partial charge in [0.1, 0.15) is 9.92 Å². The van der Waals surface area contributed by atoms with Crippen LogP contribution < -0.4 is 10.6 Å². The summed E-state index contributed by atoms with van der Waals surface area (Å²) in [7, 11) is -1.46. The molecule has 1 aromatic heterocycles. The van der Waals surface area contributed by atoms with Crippen molar-refractivity contribution < 1.29 is 8.42 Å². The Bertz CT molecular complexity index is 1320. The fourth-order valence-corrected chi connectivity index (χ4v) is 6.39. The minimum atomic E-state index is -3.62. The summed E-state index contributed by atoms with van der Waals surface area (Å²) >= 11 is 6.38. The number of piperazine rings is 1. The van der Waals surface area contributed by atoms with Gasteiger partial charge in [0.05, 0.1) is 11.9 Å². The molecular weight excluding hydrogens is 510 g/mol. The fourth-order valence-electron chi connectivity index (χ4n) is 4.59. The Morgan fingerprint density at radius 2 is 1.62 bits per heavy atom. The minimum absolute atomic E-state index is 0.206. The zero-order valence-electron chi connectivity index (χ0n) is 20.9. The van der Waals surface area contributed by atoms with E-state index < -0.39 is 10.0 Å². The Balaban J connectivity index is 1.29. The second-order valence-electron chi connectivity index (χ2n) is 9.52. The molecule has 2 aromatic carbocycles. The molecule has 9 nitrogen and oxygen atoms in total. The number of hydrogen-bond donors (Lipinski definition) is 2. The first kappa shape index (κ1) is 25.9. The lowest BCUT2D eigenvalue weighted by Crippen LogP contribution is -2.43. The number of sulfonamides is 1. The maximum Gasteiger partial charge on any atom is 0.245 e. The number of halogens is 1. The van der Waals surface area contributed by atoms with Gasteiger partial charge in [0.25, 0.3) is 0 Å². The van der Waals surface area contributed by atoms with E-state index in [-0.39, 0.29) is 4.90 Å². The van der Waals surface area contributed by atoms with Gasteiger partial charge in [0.15, 0.2) is 5.82 Å². The van der Waals surface area contributed by atoms with Crippen molar-refractivity contribution in [2.24, 2.45) is 0 Å². The lowest BCUT2D eigenvalue weighted by molar-refractivity contribution is 0.148. The molecule has 0 saturated carbocycles. The van der Waals surface area contributed by atoms with Crippen LogP contribution in [0, 0.1) is 0 Å². The van der Waals surface area contributed by atoms with Crippen LogP contribution in [0.3, 0.4) is 0 Å². The van der Waals surface area contributed by atoms with E-state index in [1.165, 1.54) is 16.1 Å². The molecule has 0 bridgehead atoms. The molecule has 0 atom stereocenters. The summed E-state index contributed by atoms with van der Waals surface area (Å²) in [5.41, 5.74) is 2.53. The van der Waals surface area contributed by atoms with Crippen molar-refractivity contribution in [3.63, 3.8) is 0 Å². The van der Waals surface area contributed by atoms with Crippen molar-refractivity contribution in [2.45, 2.75) is 24.3 Å². The van der Waals surface area contributed by atoms with Gasteiger partial charge in [-0.25, -0.2) is 13.4 Å². The maximum absolute atomic E-state index is 13.2. The van der Waals surface area contributed by atoms with Crippen LogP contribution in [0.25, 0.3) is 0 Å². The lowest BCUT2D eigenvalue weighted by atomic mass is 10.2. The SMILES string of the molecule is CN1CCN(Cc2ccc(Nc3ncc(Cl)c(Nc4ccccc4S(=O)(=O)N4CCCC4)n3)cc2)CC1. The van der Waals surface area contributed by atoms with Crippen LogP contribution in [-0.2, 0) is 16.6 Å². The van der Waals surface area contributed by atoms with E-state index in [0.717, 1.165) is 51.3 Å². The number of nitrogens with zero attached hydrogens (tertiary/aromatic N) is 5. The van der Waals surface area contributed by atoms with E-state index in [1.807, 2.05) is 12.1 Å². The van der Waals surface area contributed by atoms with E-state index in [1.54, 1.807) is 24.3 Å². The number of hydrogen-bond acceptors (Lipinski definition) is 8. The zero-order chi connectivity index (χ0) is 25.8. The first-order valence-corrected chi connectivity index (χ1v) is 14.4. The summed E-state index contributed by atoms with van der Waals surface area (Å²) in [5.74, 6) is 0.688. The summed E-state index contributed by atoms with van der Waals surface area (Å²) in [6, 6.07) is 15.0. The molecule has 0 unspecified atom stereocenters. The number of rotatable bonds is 8. The molecule has 0 amide bonds. The normalized spacial score (nSPS) is 17.7. The summed E-state index contributed by atoms with van der Waals surface area (Å²) < 4.78 is 27.9. The standard InChI is InChI=1S/C26H32ClN7O2S/c1-32-14-16-33(17-15-32)19-20-8-10-21(11-9-20)29-26-28-18-22(27)25(31-26)30-23-6-2-3-7-24(23)37(35,36)34-12-4-5-13-34/h2-3,6-11,18H,4-5,12-17,19H2,1H3,(H2,28,29,30,31). The Labute approximate surface area is 223 Å². The highest BCUT2D eigenvalue weighted by Crippen LogP contribution is 2.31. The van der Waals surface area contributed by atoms with Gasteiger partial charge in [0.2, 0.25) is 16.0 Å². The molecule has 37 heavy (non-hydrogen) atoms. The lowest BCUT2D eigenvalue weighted by Gasteiger charge is -2.32. The van der Waals surface area contributed by atoms with Crippen LogP contribution in [0.1, 0.15) is 18.4 Å². The third-order valence-corrected chi connectivity index (χ3v) is 9.01. The van der Waals surface area contributed by atoms with Gasteiger partial charge >= 0.3 is 0 Å². The van der Waals surface area contributed by atoms with E-state index in [2.05, 4.69) is 49.6 Å². The molecule has 2 N–H and O–H groups in total. The molecule has 2 saturated heterocycles. The summed E-state index contributed by atoms with van der Waals surface area (Å²) in [6.07, 6.45) is 3.25. The predicted molar refractivity (Wildman–Crippen MR) is 147 cm³/mol. The fraction of sp³-hybridized carbons (Fsp3) is 0.385. The van der Waals surface area contributed by atoms with Crippen LogP contribution in [0.2, 0.25) is 5.02 Å². The summed E-state index contributed by atoms with van der Waals surface area (Å²) in [5, 5.41) is 6.63. The first-order valence-electron chi connectivity index (χ1n) is 12.5. The van der Waals surface area contributed by atoms with Crippen molar-refractivity contribution >= 4 is 44.8 Å². The van der Waals surface area contributed by atoms with Gasteiger partial charge in [-0.1, -0.05) is 35.9 Å². The van der Waals surface area contributed by atoms with Gasteiger partial charge in [-0.05, 0) is 49.7 Å². The Kier molecular flexibility index (Phi) is 7.92. The molecular formula is C26H32ClN7O2S. The zero-order valence-corrected chi connectivity index (χ0v) is 22.5. The molecule has 3 aromatic rings. The van der Waals surface area contributed by atoms with Crippen molar-refractivity contribution in [2.75, 3.05) is 56.9 Å². The van der Waals surface area contributed by atoms with E-state index in [4.69, 9.17) is 11.6 Å². The van der Waals surface area contributed by atoms with Gasteiger partial charge in [0, 0.05) is 51.5 Å². The molecule has 2 aliphatic heterocycles. The number of aromatic nitrogens is 2. The third kappa shape index (κ3) is 6.22. The molecule has 0 aliphatic carbocycles. The molecule has 0 spiro atoms. The van der Waals surface area contributed by atoms with Crippen molar-refractivity contribution in [3.8, 4) is 0 Å². The molecule has 3 heterocycles. The number of nitrogens with one attached hydrogen (secondary N) is 2. The molecule has 11 heteroatoms. The first-order chi connectivity index (χ1) is 17.9. The number of para-hydroxylation sites is 1. The van der Waals surface area contributed by atoms with E-state index in [0.29, 0.717) is 35.6 Å². The van der Waals surface area contributed by atoms with Crippen LogP contribution in [0.5, 0.6) is 0 Å². The van der Waals surface area contributed by atoms with Crippen LogP contribution >= 0.6 is 11.6 Å². The second-order valence-corrected chi connectivity index (χ2v) is 11.8. The van der Waals surface area contributed by atoms with Crippen molar-refractivity contribution in [1.29, 1.82) is 0 Å². The van der Waals surface area contributed by atoms with Crippen molar-refractivity contribution in [1.82, 2.24) is 24.1 Å². The van der Waals surface area contributed by atoms with Gasteiger partial charge in [-0.3, -0.25) is 4.90 Å². The molecule has 5 rings (SSSR count). The van der Waals surface area contributed by atoms with Gasteiger partial charge in [-0.15, -0.1) is 0 Å². The molecule has 2 fully saturated rings. The third-order valence-electron chi connectivity index (χ3n) is 6.78. The highest BCUT2D eigenvalue weighted by molar-refractivity contribution is 7.89.